The second-order valence-corrected chi connectivity index (χ2v) is 3.48. The third-order valence-electron chi connectivity index (χ3n) is 1.09. The van der Waals surface area contributed by atoms with Crippen molar-refractivity contribution >= 4 is 116 Å². The summed E-state index contributed by atoms with van der Waals surface area (Å²) in [4.78, 5) is 17.2. The van der Waals surface area contributed by atoms with Gasteiger partial charge in [0.05, 0.1) is 5.30 Å². The fourth-order valence-electron chi connectivity index (χ4n) is 0.622. The number of hydrogen-bond donors (Lipinski definition) is 2. The number of hydrogen-bond acceptors (Lipinski definition) is 1. The predicted octanol–water partition coefficient (Wildman–Crippen LogP) is -0.807. The third-order valence-corrected chi connectivity index (χ3v) is 2.06. The second kappa shape index (κ2) is 7.87. The average molecular weight is 238 g/mol. The molecule has 0 spiro atoms. The third kappa shape index (κ3) is 6.19. The molecule has 0 unspecified atom stereocenters. The summed E-state index contributed by atoms with van der Waals surface area (Å²) in [6.45, 7) is 0. The molecular formula is C6H9K2O3P. The molecule has 0 atom stereocenters. The van der Waals surface area contributed by atoms with Crippen LogP contribution in [-0.4, -0.2) is 113 Å². The summed E-state index contributed by atoms with van der Waals surface area (Å²) < 4.78 is 10.5. The Morgan fingerprint density at radius 3 is 1.67 bits per heavy atom. The molecule has 1 rings (SSSR count). The van der Waals surface area contributed by atoms with Crippen LogP contribution >= 0.6 is 7.60 Å². The zero-order valence-electron chi connectivity index (χ0n) is 5.14. The Balaban J connectivity index is 0. The van der Waals surface area contributed by atoms with Crippen molar-refractivity contribution in [2.24, 2.45) is 0 Å². The minimum atomic E-state index is -4.02. The Bertz CT molecular complexity index is 259. The maximum atomic E-state index is 10.5. The van der Waals surface area contributed by atoms with E-state index < -0.39 is 7.60 Å². The van der Waals surface area contributed by atoms with E-state index in [-0.39, 0.29) is 108 Å². The van der Waals surface area contributed by atoms with Gasteiger partial charge in [-0.2, -0.15) is 0 Å². The standard InChI is InChI=1S/C6H7O3P.2K.2H/c7-10(8,9)6-4-2-1-3-5-6;;;;/h1-5H,(H2,7,8,9);;;;. The predicted molar refractivity (Wildman–Crippen MR) is 52.4 cm³/mol. The van der Waals surface area contributed by atoms with Crippen molar-refractivity contribution in [3.8, 4) is 0 Å². The normalized spacial score (nSPS) is 9.50. The molecule has 0 heterocycles. The monoisotopic (exact) mass is 238 g/mol. The molecule has 0 aliphatic heterocycles. The van der Waals surface area contributed by atoms with Crippen LogP contribution in [0.15, 0.2) is 30.3 Å². The van der Waals surface area contributed by atoms with E-state index in [9.17, 15) is 4.57 Å². The molecule has 6 heteroatoms. The maximum absolute atomic E-state index is 10.5. The van der Waals surface area contributed by atoms with Gasteiger partial charge in [-0.05, 0) is 12.1 Å². The van der Waals surface area contributed by atoms with Crippen molar-refractivity contribution in [1.29, 1.82) is 0 Å². The van der Waals surface area contributed by atoms with Crippen LogP contribution in [-0.2, 0) is 4.57 Å². The molecule has 0 saturated carbocycles. The summed E-state index contributed by atoms with van der Waals surface area (Å²) in [5.74, 6) is 0. The topological polar surface area (TPSA) is 57.5 Å². The second-order valence-electron chi connectivity index (χ2n) is 1.88. The van der Waals surface area contributed by atoms with Crippen molar-refractivity contribution in [3.63, 3.8) is 0 Å². The first-order valence-corrected chi connectivity index (χ1v) is 4.33. The van der Waals surface area contributed by atoms with Crippen molar-refractivity contribution in [2.45, 2.75) is 0 Å². The molecule has 1 aromatic rings. The molecule has 3 nitrogen and oxygen atoms in total. The first-order valence-electron chi connectivity index (χ1n) is 2.72. The van der Waals surface area contributed by atoms with E-state index >= 15 is 0 Å². The van der Waals surface area contributed by atoms with Crippen LogP contribution in [0, 0.1) is 0 Å². The van der Waals surface area contributed by atoms with E-state index in [1.807, 2.05) is 0 Å². The zero-order valence-corrected chi connectivity index (χ0v) is 6.03. The molecule has 12 heavy (non-hydrogen) atoms. The Hall–Kier alpha value is 2.64. The summed E-state index contributed by atoms with van der Waals surface area (Å²) in [5.41, 5.74) is 0. The van der Waals surface area contributed by atoms with Crippen LogP contribution < -0.4 is 5.30 Å². The molecule has 0 aliphatic rings. The van der Waals surface area contributed by atoms with Crippen LogP contribution in [0.4, 0.5) is 0 Å². The van der Waals surface area contributed by atoms with Crippen LogP contribution in [0.2, 0.25) is 0 Å². The van der Waals surface area contributed by atoms with Crippen molar-refractivity contribution in [1.82, 2.24) is 0 Å². The van der Waals surface area contributed by atoms with Gasteiger partial charge in [-0.25, -0.2) is 0 Å². The van der Waals surface area contributed by atoms with Gasteiger partial charge in [-0.15, -0.1) is 0 Å². The molecule has 0 radical (unpaired) electrons. The Morgan fingerprint density at radius 2 is 1.42 bits per heavy atom. The summed E-state index contributed by atoms with van der Waals surface area (Å²) in [5, 5.41) is 0.0648. The molecule has 0 saturated heterocycles. The minimum absolute atomic E-state index is 0. The quantitative estimate of drug-likeness (QED) is 0.497. The van der Waals surface area contributed by atoms with Crippen LogP contribution in [0.3, 0.4) is 0 Å². The summed E-state index contributed by atoms with van der Waals surface area (Å²) in [6.07, 6.45) is 0. The van der Waals surface area contributed by atoms with Gasteiger partial charge in [0.2, 0.25) is 0 Å². The Labute approximate surface area is 156 Å². The van der Waals surface area contributed by atoms with E-state index in [0.29, 0.717) is 0 Å². The van der Waals surface area contributed by atoms with E-state index in [2.05, 4.69) is 0 Å². The van der Waals surface area contributed by atoms with Crippen molar-refractivity contribution in [3.05, 3.63) is 30.3 Å². The molecule has 2 N–H and O–H groups in total. The molecule has 0 aromatic heterocycles. The summed E-state index contributed by atoms with van der Waals surface area (Å²) in [7, 11) is -4.02. The molecular weight excluding hydrogens is 229 g/mol. The first kappa shape index (κ1) is 17.1. The van der Waals surface area contributed by atoms with Gasteiger partial charge in [0.25, 0.3) is 0 Å². The summed E-state index contributed by atoms with van der Waals surface area (Å²) >= 11 is 0. The van der Waals surface area contributed by atoms with Crippen LogP contribution in [0.5, 0.6) is 0 Å². The van der Waals surface area contributed by atoms with Gasteiger partial charge < -0.3 is 9.79 Å². The van der Waals surface area contributed by atoms with Gasteiger partial charge in [0, 0.05) is 0 Å². The van der Waals surface area contributed by atoms with Gasteiger partial charge in [-0.1, -0.05) is 18.2 Å². The first-order chi connectivity index (χ1) is 4.61. The van der Waals surface area contributed by atoms with Crippen molar-refractivity contribution < 1.29 is 14.4 Å². The fourth-order valence-corrected chi connectivity index (χ4v) is 1.18. The number of benzene rings is 1. The molecule has 58 valence electrons. The Morgan fingerprint density at radius 1 is 1.00 bits per heavy atom. The fraction of sp³-hybridized carbons (Fsp3) is 0. The molecule has 0 aliphatic carbocycles. The average Bonchev–Trinajstić information content (AvgIpc) is 1.88. The molecule has 0 bridgehead atoms. The van der Waals surface area contributed by atoms with Crippen LogP contribution in [0.25, 0.3) is 0 Å². The van der Waals surface area contributed by atoms with E-state index in [4.69, 9.17) is 9.79 Å². The van der Waals surface area contributed by atoms with E-state index in [1.54, 1.807) is 18.2 Å². The van der Waals surface area contributed by atoms with Gasteiger partial charge in [0.1, 0.15) is 0 Å². The van der Waals surface area contributed by atoms with E-state index in [1.165, 1.54) is 12.1 Å². The summed E-state index contributed by atoms with van der Waals surface area (Å²) in [6, 6.07) is 7.70. The molecule has 0 amide bonds. The van der Waals surface area contributed by atoms with E-state index in [0.717, 1.165) is 0 Å². The Kier molecular flexibility index (Phi) is 11.2. The molecule has 1 aromatic carbocycles. The van der Waals surface area contributed by atoms with Gasteiger partial charge in [0.15, 0.2) is 0 Å². The van der Waals surface area contributed by atoms with Crippen LogP contribution in [0.1, 0.15) is 0 Å². The van der Waals surface area contributed by atoms with Gasteiger partial charge >= 0.3 is 110 Å². The molecule has 0 fully saturated rings. The van der Waals surface area contributed by atoms with Gasteiger partial charge in [-0.3, -0.25) is 4.57 Å². The number of rotatable bonds is 1. The zero-order chi connectivity index (χ0) is 7.61. The SMILES string of the molecule is O=P(O)(O)c1ccccc1.[KH].[KH]. The van der Waals surface area contributed by atoms with Crippen molar-refractivity contribution in [2.75, 3.05) is 0 Å².